The molecule has 3 aromatic carbocycles. The number of halogens is 2. The first-order valence-electron chi connectivity index (χ1n) is 11.9. The lowest BCUT2D eigenvalue weighted by Gasteiger charge is -2.31. The van der Waals surface area contributed by atoms with Gasteiger partial charge in [0, 0.05) is 41.4 Å². The summed E-state index contributed by atoms with van der Waals surface area (Å²) in [7, 11) is 0. The van der Waals surface area contributed by atoms with Gasteiger partial charge in [-0.05, 0) is 48.0 Å². The SMILES string of the molecule is O=C(O)CC(NC(=O)C1N(C(=O)c2ccc(Cl)cc2)CCN1C(=O)c1cccc(F)c1)c1cccc([N+](=O)[O-])c1. The molecule has 3 amide bonds. The molecule has 40 heavy (non-hydrogen) atoms. The lowest BCUT2D eigenvalue weighted by Crippen LogP contribution is -2.54. The molecule has 11 nitrogen and oxygen atoms in total. The van der Waals surface area contributed by atoms with Gasteiger partial charge in [0.25, 0.3) is 23.4 Å². The number of carboxylic acids is 1. The summed E-state index contributed by atoms with van der Waals surface area (Å²) in [4.78, 5) is 65.0. The average molecular weight is 569 g/mol. The minimum Gasteiger partial charge on any atom is -0.481 e. The maximum absolute atomic E-state index is 13.9. The van der Waals surface area contributed by atoms with Crippen LogP contribution >= 0.6 is 11.6 Å². The highest BCUT2D eigenvalue weighted by atomic mass is 35.5. The van der Waals surface area contributed by atoms with Crippen molar-refractivity contribution in [2.75, 3.05) is 13.1 Å². The van der Waals surface area contributed by atoms with Gasteiger partial charge in [0.15, 0.2) is 6.17 Å². The predicted octanol–water partition coefficient (Wildman–Crippen LogP) is 3.64. The first-order valence-corrected chi connectivity index (χ1v) is 12.3. The van der Waals surface area contributed by atoms with Crippen molar-refractivity contribution in [2.24, 2.45) is 0 Å². The van der Waals surface area contributed by atoms with Crippen LogP contribution < -0.4 is 5.32 Å². The number of carbonyl (C=O) groups excluding carboxylic acids is 3. The second-order valence-corrected chi connectivity index (χ2v) is 9.34. The molecule has 0 bridgehead atoms. The second kappa shape index (κ2) is 11.9. The third-order valence-electron chi connectivity index (χ3n) is 6.27. The standard InChI is InChI=1S/C27H22ClFN4O7/c28-19-9-7-16(8-10-19)26(37)31-11-12-32(27(38)18-4-1-5-20(29)13-18)25(31)24(36)30-22(15-23(34)35)17-3-2-6-21(14-17)33(39)40/h1-10,13-14,22,25H,11-12,15H2,(H,30,36)(H,34,35). The van der Waals surface area contributed by atoms with Gasteiger partial charge in [0.2, 0.25) is 0 Å². The Kier molecular flexibility index (Phi) is 8.39. The van der Waals surface area contributed by atoms with Gasteiger partial charge < -0.3 is 20.2 Å². The quantitative estimate of drug-likeness (QED) is 0.311. The van der Waals surface area contributed by atoms with Crippen LogP contribution in [0, 0.1) is 15.9 Å². The van der Waals surface area contributed by atoms with Crippen LogP contribution in [0.15, 0.2) is 72.8 Å². The molecule has 2 N–H and O–H groups in total. The number of hydrogen-bond donors (Lipinski definition) is 2. The lowest BCUT2D eigenvalue weighted by atomic mass is 10.0. The fourth-order valence-electron chi connectivity index (χ4n) is 4.41. The van der Waals surface area contributed by atoms with Crippen molar-refractivity contribution in [1.82, 2.24) is 15.1 Å². The minimum atomic E-state index is -1.53. The molecule has 2 atom stereocenters. The molecular weight excluding hydrogens is 547 g/mol. The summed E-state index contributed by atoms with van der Waals surface area (Å²) in [5.41, 5.74) is -0.0469. The summed E-state index contributed by atoms with van der Waals surface area (Å²) in [6.07, 6.45) is -2.17. The smallest absolute Gasteiger partial charge is 0.305 e. The molecule has 1 aliphatic rings. The molecule has 0 saturated carbocycles. The Bertz CT molecular complexity index is 1480. The first-order chi connectivity index (χ1) is 19.0. The molecule has 1 heterocycles. The van der Waals surface area contributed by atoms with E-state index in [1.165, 1.54) is 54.6 Å². The molecule has 1 aliphatic heterocycles. The molecule has 3 aromatic rings. The van der Waals surface area contributed by atoms with Gasteiger partial charge in [-0.1, -0.05) is 29.8 Å². The van der Waals surface area contributed by atoms with Crippen molar-refractivity contribution in [3.63, 3.8) is 0 Å². The summed E-state index contributed by atoms with van der Waals surface area (Å²) >= 11 is 5.93. The summed E-state index contributed by atoms with van der Waals surface area (Å²) < 4.78 is 13.9. The van der Waals surface area contributed by atoms with Gasteiger partial charge in [-0.2, -0.15) is 0 Å². The van der Waals surface area contributed by atoms with E-state index in [1.807, 2.05) is 0 Å². The van der Waals surface area contributed by atoms with Crippen molar-refractivity contribution in [1.29, 1.82) is 0 Å². The van der Waals surface area contributed by atoms with E-state index in [0.717, 1.165) is 28.0 Å². The van der Waals surface area contributed by atoms with E-state index in [-0.39, 0.29) is 35.5 Å². The number of rotatable bonds is 8. The third-order valence-corrected chi connectivity index (χ3v) is 6.52. The molecule has 206 valence electrons. The van der Waals surface area contributed by atoms with Crippen LogP contribution in [0.25, 0.3) is 0 Å². The largest absolute Gasteiger partial charge is 0.481 e. The van der Waals surface area contributed by atoms with E-state index < -0.39 is 53.1 Å². The van der Waals surface area contributed by atoms with Crippen LogP contribution in [0.1, 0.15) is 38.7 Å². The Hall–Kier alpha value is -4.84. The van der Waals surface area contributed by atoms with Crippen molar-refractivity contribution in [2.45, 2.75) is 18.6 Å². The molecule has 1 fully saturated rings. The molecule has 2 unspecified atom stereocenters. The van der Waals surface area contributed by atoms with Crippen LogP contribution in [0.5, 0.6) is 0 Å². The fourth-order valence-corrected chi connectivity index (χ4v) is 4.54. The van der Waals surface area contributed by atoms with Gasteiger partial charge in [0.05, 0.1) is 17.4 Å². The number of nitrogens with one attached hydrogen (secondary N) is 1. The highest BCUT2D eigenvalue weighted by molar-refractivity contribution is 6.30. The second-order valence-electron chi connectivity index (χ2n) is 8.90. The van der Waals surface area contributed by atoms with Crippen LogP contribution in [-0.2, 0) is 9.59 Å². The Balaban J connectivity index is 1.70. The van der Waals surface area contributed by atoms with Gasteiger partial charge in [-0.25, -0.2) is 4.39 Å². The highest BCUT2D eigenvalue weighted by Gasteiger charge is 2.44. The number of nitrogens with zero attached hydrogens (tertiary/aromatic N) is 3. The van der Waals surface area contributed by atoms with E-state index in [9.17, 15) is 38.8 Å². The van der Waals surface area contributed by atoms with E-state index in [2.05, 4.69) is 5.32 Å². The topological polar surface area (TPSA) is 150 Å². The van der Waals surface area contributed by atoms with E-state index >= 15 is 0 Å². The summed E-state index contributed by atoms with van der Waals surface area (Å²) in [6, 6.07) is 14.6. The Morgan fingerprint density at radius 3 is 2.20 bits per heavy atom. The monoisotopic (exact) mass is 568 g/mol. The Morgan fingerprint density at radius 1 is 0.975 bits per heavy atom. The van der Waals surface area contributed by atoms with Gasteiger partial charge in [-0.15, -0.1) is 0 Å². The van der Waals surface area contributed by atoms with Gasteiger partial charge >= 0.3 is 5.97 Å². The summed E-state index contributed by atoms with van der Waals surface area (Å²) in [6.45, 7) is -0.131. The van der Waals surface area contributed by atoms with E-state index in [1.54, 1.807) is 0 Å². The molecule has 4 rings (SSSR count). The fraction of sp³-hybridized carbons (Fsp3) is 0.185. The molecule has 0 aliphatic carbocycles. The molecule has 0 radical (unpaired) electrons. The number of carboxylic acid groups (broad SMARTS) is 1. The Labute approximate surface area is 231 Å². The maximum Gasteiger partial charge on any atom is 0.305 e. The van der Waals surface area contributed by atoms with E-state index in [0.29, 0.717) is 5.02 Å². The number of nitro groups is 1. The molecule has 13 heteroatoms. The molecular formula is C27H22ClFN4O7. The van der Waals surface area contributed by atoms with Crippen molar-refractivity contribution < 1.29 is 33.6 Å². The lowest BCUT2D eigenvalue weighted by molar-refractivity contribution is -0.384. The zero-order valence-corrected chi connectivity index (χ0v) is 21.5. The summed E-state index contributed by atoms with van der Waals surface area (Å²) in [5, 5.41) is 23.6. The third kappa shape index (κ3) is 6.24. The van der Waals surface area contributed by atoms with Crippen molar-refractivity contribution in [3.05, 3.63) is 110 Å². The number of aliphatic carboxylic acids is 1. The maximum atomic E-state index is 13.9. The first kappa shape index (κ1) is 28.2. The number of hydrogen-bond acceptors (Lipinski definition) is 6. The Morgan fingerprint density at radius 2 is 1.60 bits per heavy atom. The molecule has 1 saturated heterocycles. The van der Waals surface area contributed by atoms with Gasteiger partial charge in [-0.3, -0.25) is 29.3 Å². The normalized spacial score (nSPS) is 15.4. The molecule has 0 spiro atoms. The van der Waals surface area contributed by atoms with Crippen molar-refractivity contribution >= 4 is 41.0 Å². The number of carbonyl (C=O) groups is 4. The van der Waals surface area contributed by atoms with Crippen LogP contribution in [0.3, 0.4) is 0 Å². The van der Waals surface area contributed by atoms with E-state index in [4.69, 9.17) is 11.6 Å². The number of nitro benzene ring substituents is 1. The number of non-ortho nitro benzene ring substituents is 1. The van der Waals surface area contributed by atoms with Crippen molar-refractivity contribution in [3.8, 4) is 0 Å². The predicted molar refractivity (Wildman–Crippen MR) is 140 cm³/mol. The van der Waals surface area contributed by atoms with Crippen LogP contribution in [0.2, 0.25) is 5.02 Å². The summed E-state index contributed by atoms with van der Waals surface area (Å²) in [5.74, 6) is -4.20. The highest BCUT2D eigenvalue weighted by Crippen LogP contribution is 2.26. The number of amides is 3. The van der Waals surface area contributed by atoms with Gasteiger partial charge in [0.1, 0.15) is 5.82 Å². The van der Waals surface area contributed by atoms with Crippen LogP contribution in [-0.4, -0.2) is 62.8 Å². The minimum absolute atomic E-state index is 0.0546. The average Bonchev–Trinajstić information content (AvgIpc) is 3.37. The zero-order valence-electron chi connectivity index (χ0n) is 20.7. The zero-order chi connectivity index (χ0) is 29.0. The number of benzene rings is 3. The van der Waals surface area contributed by atoms with Crippen LogP contribution in [0.4, 0.5) is 10.1 Å². The molecule has 0 aromatic heterocycles.